The van der Waals surface area contributed by atoms with E-state index in [2.05, 4.69) is 17.6 Å². The Bertz CT molecular complexity index is 567. The molecule has 2 rings (SSSR count). The third-order valence-corrected chi connectivity index (χ3v) is 3.25. The molecule has 0 atom stereocenters. The van der Waals surface area contributed by atoms with Crippen LogP contribution in [0.5, 0.6) is 5.75 Å². The van der Waals surface area contributed by atoms with Gasteiger partial charge in [0.25, 0.3) is 0 Å². The summed E-state index contributed by atoms with van der Waals surface area (Å²) >= 11 is 0. The van der Waals surface area contributed by atoms with Gasteiger partial charge >= 0.3 is 6.03 Å². The summed E-state index contributed by atoms with van der Waals surface area (Å²) in [6.07, 6.45) is 3.45. The van der Waals surface area contributed by atoms with Gasteiger partial charge in [0.15, 0.2) is 6.73 Å². The van der Waals surface area contributed by atoms with E-state index in [1.807, 2.05) is 54.6 Å². The lowest BCUT2D eigenvalue weighted by atomic mass is 10.1. The number of ether oxygens (including phenoxy) is 1. The summed E-state index contributed by atoms with van der Waals surface area (Å²) in [4.78, 5) is 11.8. The fourth-order valence-corrected chi connectivity index (χ4v) is 2.01. The van der Waals surface area contributed by atoms with Crippen LogP contribution in [0.2, 0.25) is 0 Å². The van der Waals surface area contributed by atoms with Crippen LogP contribution in [0.25, 0.3) is 0 Å². The van der Waals surface area contributed by atoms with E-state index in [4.69, 9.17) is 4.74 Å². The zero-order chi connectivity index (χ0) is 15.6. The highest BCUT2D eigenvalue weighted by molar-refractivity contribution is 5.89. The van der Waals surface area contributed by atoms with Crippen LogP contribution in [0.1, 0.15) is 25.3 Å². The van der Waals surface area contributed by atoms with Gasteiger partial charge in [-0.25, -0.2) is 4.79 Å². The molecule has 0 bridgehead atoms. The third kappa shape index (κ3) is 5.48. The Balaban J connectivity index is 1.72. The number of hydrogen-bond donors (Lipinski definition) is 2. The highest BCUT2D eigenvalue weighted by Gasteiger charge is 2.01. The van der Waals surface area contributed by atoms with Gasteiger partial charge in [0, 0.05) is 5.69 Å². The topological polar surface area (TPSA) is 50.4 Å². The minimum Gasteiger partial charge on any atom is -0.473 e. The normalized spacial score (nSPS) is 10.0. The standard InChI is InChI=1S/C18H22N2O2/c1-2-3-7-15-10-12-16(13-11-15)20-18(21)19-14-22-17-8-5-4-6-9-17/h4-6,8-13H,2-3,7,14H2,1H3,(H2,19,20,21). The van der Waals surface area contributed by atoms with Crippen molar-refractivity contribution in [3.05, 3.63) is 60.2 Å². The van der Waals surface area contributed by atoms with E-state index >= 15 is 0 Å². The minimum absolute atomic E-state index is 0.129. The molecule has 116 valence electrons. The zero-order valence-electron chi connectivity index (χ0n) is 12.8. The Labute approximate surface area is 131 Å². The van der Waals surface area contributed by atoms with Crippen molar-refractivity contribution in [1.82, 2.24) is 5.32 Å². The monoisotopic (exact) mass is 298 g/mol. The molecule has 0 saturated heterocycles. The Morgan fingerprint density at radius 2 is 1.77 bits per heavy atom. The zero-order valence-corrected chi connectivity index (χ0v) is 12.8. The number of benzene rings is 2. The second-order valence-corrected chi connectivity index (χ2v) is 5.03. The summed E-state index contributed by atoms with van der Waals surface area (Å²) in [6, 6.07) is 17.0. The van der Waals surface area contributed by atoms with Gasteiger partial charge < -0.3 is 15.4 Å². The van der Waals surface area contributed by atoms with Gasteiger partial charge in [-0.15, -0.1) is 0 Å². The Kier molecular flexibility index (Phi) is 6.30. The van der Waals surface area contributed by atoms with Crippen molar-refractivity contribution < 1.29 is 9.53 Å². The molecule has 0 spiro atoms. The average molecular weight is 298 g/mol. The van der Waals surface area contributed by atoms with Gasteiger partial charge in [-0.3, -0.25) is 0 Å². The summed E-state index contributed by atoms with van der Waals surface area (Å²) < 4.78 is 5.41. The molecule has 2 aromatic rings. The minimum atomic E-state index is -0.280. The molecule has 0 aliphatic carbocycles. The van der Waals surface area contributed by atoms with Crippen molar-refractivity contribution in [1.29, 1.82) is 0 Å². The molecule has 0 aliphatic rings. The molecule has 0 heterocycles. The van der Waals surface area contributed by atoms with Gasteiger partial charge in [-0.1, -0.05) is 43.7 Å². The smallest absolute Gasteiger partial charge is 0.321 e. The quantitative estimate of drug-likeness (QED) is 0.753. The van der Waals surface area contributed by atoms with E-state index in [0.717, 1.165) is 17.9 Å². The first kappa shape index (κ1) is 15.9. The predicted molar refractivity (Wildman–Crippen MR) is 89.1 cm³/mol. The largest absolute Gasteiger partial charge is 0.473 e. The molecule has 0 aliphatic heterocycles. The van der Waals surface area contributed by atoms with Crippen molar-refractivity contribution in [2.24, 2.45) is 0 Å². The number of carbonyl (C=O) groups is 1. The molecule has 22 heavy (non-hydrogen) atoms. The van der Waals surface area contributed by atoms with E-state index in [9.17, 15) is 4.79 Å². The molecule has 0 aromatic heterocycles. The highest BCUT2D eigenvalue weighted by atomic mass is 16.5. The lowest BCUT2D eigenvalue weighted by molar-refractivity contribution is 0.234. The van der Waals surface area contributed by atoms with Gasteiger partial charge in [0.1, 0.15) is 5.75 Å². The fourth-order valence-electron chi connectivity index (χ4n) is 2.01. The van der Waals surface area contributed by atoms with Gasteiger partial charge in [-0.2, -0.15) is 0 Å². The van der Waals surface area contributed by atoms with Crippen LogP contribution in [-0.4, -0.2) is 12.8 Å². The van der Waals surface area contributed by atoms with E-state index in [0.29, 0.717) is 0 Å². The average Bonchev–Trinajstić information content (AvgIpc) is 2.55. The number of anilines is 1. The maximum Gasteiger partial charge on any atom is 0.321 e. The molecule has 2 amide bonds. The van der Waals surface area contributed by atoms with E-state index < -0.39 is 0 Å². The Morgan fingerprint density at radius 1 is 1.05 bits per heavy atom. The summed E-state index contributed by atoms with van der Waals surface area (Å²) in [5.41, 5.74) is 2.07. The molecule has 0 radical (unpaired) electrons. The number of nitrogens with one attached hydrogen (secondary N) is 2. The van der Waals surface area contributed by atoms with Crippen LogP contribution in [0.3, 0.4) is 0 Å². The van der Waals surface area contributed by atoms with Crippen LogP contribution in [0.15, 0.2) is 54.6 Å². The van der Waals surface area contributed by atoms with Crippen molar-refractivity contribution in [3.63, 3.8) is 0 Å². The van der Waals surface area contributed by atoms with Crippen LogP contribution in [0.4, 0.5) is 10.5 Å². The molecular weight excluding hydrogens is 276 g/mol. The third-order valence-electron chi connectivity index (χ3n) is 3.25. The lowest BCUT2D eigenvalue weighted by Gasteiger charge is -2.09. The van der Waals surface area contributed by atoms with Crippen LogP contribution < -0.4 is 15.4 Å². The van der Waals surface area contributed by atoms with Gasteiger partial charge in [0.2, 0.25) is 0 Å². The molecule has 2 N–H and O–H groups in total. The van der Waals surface area contributed by atoms with Gasteiger partial charge in [0.05, 0.1) is 0 Å². The van der Waals surface area contributed by atoms with Crippen molar-refractivity contribution in [2.75, 3.05) is 12.0 Å². The fraction of sp³-hybridized carbons (Fsp3) is 0.278. The van der Waals surface area contributed by atoms with Crippen LogP contribution in [-0.2, 0) is 6.42 Å². The molecule has 4 heteroatoms. The first-order chi connectivity index (χ1) is 10.8. The number of unbranched alkanes of at least 4 members (excludes halogenated alkanes) is 1. The maximum absolute atomic E-state index is 11.8. The SMILES string of the molecule is CCCCc1ccc(NC(=O)NCOc2ccccc2)cc1. The van der Waals surface area contributed by atoms with Crippen molar-refractivity contribution >= 4 is 11.7 Å². The van der Waals surface area contributed by atoms with Crippen LogP contribution in [0, 0.1) is 0 Å². The lowest BCUT2D eigenvalue weighted by Crippen LogP contribution is -2.31. The number of carbonyl (C=O) groups excluding carboxylic acids is 1. The van der Waals surface area contributed by atoms with Crippen molar-refractivity contribution in [2.45, 2.75) is 26.2 Å². The number of para-hydroxylation sites is 1. The molecule has 4 nitrogen and oxygen atoms in total. The molecule has 0 saturated carbocycles. The Hall–Kier alpha value is -2.49. The molecule has 0 fully saturated rings. The second kappa shape index (κ2) is 8.72. The maximum atomic E-state index is 11.8. The summed E-state index contributed by atoms with van der Waals surface area (Å²) in [7, 11) is 0. The van der Waals surface area contributed by atoms with Crippen LogP contribution >= 0.6 is 0 Å². The molecule has 2 aromatic carbocycles. The summed E-state index contributed by atoms with van der Waals surface area (Å²) in [6.45, 7) is 2.31. The van der Waals surface area contributed by atoms with E-state index in [-0.39, 0.29) is 12.8 Å². The van der Waals surface area contributed by atoms with E-state index in [1.54, 1.807) is 0 Å². The molecular formula is C18H22N2O2. The number of rotatable bonds is 7. The number of urea groups is 1. The molecule has 0 unspecified atom stereocenters. The predicted octanol–water partition coefficient (Wildman–Crippen LogP) is 4.19. The first-order valence-corrected chi connectivity index (χ1v) is 7.59. The number of hydrogen-bond acceptors (Lipinski definition) is 2. The van der Waals surface area contributed by atoms with E-state index in [1.165, 1.54) is 18.4 Å². The first-order valence-electron chi connectivity index (χ1n) is 7.59. The van der Waals surface area contributed by atoms with Gasteiger partial charge in [-0.05, 0) is 42.7 Å². The number of aryl methyl sites for hydroxylation is 1. The Morgan fingerprint density at radius 3 is 2.45 bits per heavy atom. The second-order valence-electron chi connectivity index (χ2n) is 5.03. The van der Waals surface area contributed by atoms with Crippen molar-refractivity contribution in [3.8, 4) is 5.75 Å². The highest BCUT2D eigenvalue weighted by Crippen LogP contribution is 2.11. The summed E-state index contributed by atoms with van der Waals surface area (Å²) in [5.74, 6) is 0.725. The summed E-state index contributed by atoms with van der Waals surface area (Å²) in [5, 5.41) is 5.44. The number of amides is 2.